The van der Waals surface area contributed by atoms with E-state index < -0.39 is 0 Å². The third-order valence-electron chi connectivity index (χ3n) is 5.91. The molecule has 6 nitrogen and oxygen atoms in total. The maximum absolute atomic E-state index is 12.1. The smallest absolute Gasteiger partial charge is 0.315 e. The van der Waals surface area contributed by atoms with Crippen LogP contribution in [-0.2, 0) is 11.3 Å². The first-order chi connectivity index (χ1) is 13.4. The van der Waals surface area contributed by atoms with Crippen molar-refractivity contribution in [3.63, 3.8) is 0 Å². The van der Waals surface area contributed by atoms with Crippen molar-refractivity contribution in [3.05, 3.63) is 23.9 Å². The number of rotatable bonds is 6. The predicted molar refractivity (Wildman–Crippen MR) is 112 cm³/mol. The molecule has 1 aromatic rings. The Morgan fingerprint density at radius 1 is 1.25 bits per heavy atom. The summed E-state index contributed by atoms with van der Waals surface area (Å²) in [5, 5.41) is 5.95. The zero-order chi connectivity index (χ0) is 20.0. The number of pyridine rings is 1. The van der Waals surface area contributed by atoms with E-state index >= 15 is 0 Å². The Kier molecular flexibility index (Phi) is 7.16. The third kappa shape index (κ3) is 6.36. The van der Waals surface area contributed by atoms with E-state index in [2.05, 4.69) is 41.3 Å². The summed E-state index contributed by atoms with van der Waals surface area (Å²) >= 11 is 0. The molecule has 3 rings (SSSR count). The molecule has 2 N–H and O–H groups in total. The van der Waals surface area contributed by atoms with Gasteiger partial charge in [0.05, 0.1) is 13.2 Å². The molecule has 2 atom stereocenters. The van der Waals surface area contributed by atoms with Crippen LogP contribution in [0.3, 0.4) is 0 Å². The van der Waals surface area contributed by atoms with E-state index in [1.807, 2.05) is 18.3 Å². The van der Waals surface area contributed by atoms with Crippen LogP contribution in [-0.4, -0.2) is 43.9 Å². The van der Waals surface area contributed by atoms with Gasteiger partial charge in [0, 0.05) is 32.4 Å². The van der Waals surface area contributed by atoms with Gasteiger partial charge in [0.25, 0.3) is 0 Å². The summed E-state index contributed by atoms with van der Waals surface area (Å²) in [6.45, 7) is 11.6. The Balaban J connectivity index is 1.35. The molecule has 0 aromatic carbocycles. The van der Waals surface area contributed by atoms with E-state index in [1.165, 1.54) is 19.3 Å². The van der Waals surface area contributed by atoms with Gasteiger partial charge < -0.3 is 20.3 Å². The van der Waals surface area contributed by atoms with Crippen molar-refractivity contribution in [2.45, 2.75) is 53.0 Å². The number of amides is 2. The van der Waals surface area contributed by atoms with Crippen LogP contribution in [0.15, 0.2) is 18.3 Å². The summed E-state index contributed by atoms with van der Waals surface area (Å²) in [5.74, 6) is 2.48. The number of aromatic nitrogens is 1. The van der Waals surface area contributed by atoms with Crippen molar-refractivity contribution >= 4 is 11.8 Å². The number of nitrogens with zero attached hydrogens (tertiary/aromatic N) is 2. The first-order valence-corrected chi connectivity index (χ1v) is 10.7. The summed E-state index contributed by atoms with van der Waals surface area (Å²) in [7, 11) is 0. The van der Waals surface area contributed by atoms with Gasteiger partial charge in [0.1, 0.15) is 5.82 Å². The molecule has 2 aliphatic rings. The number of hydrogen-bond acceptors (Lipinski definition) is 4. The van der Waals surface area contributed by atoms with Crippen LogP contribution >= 0.6 is 0 Å². The lowest BCUT2D eigenvalue weighted by Crippen LogP contribution is -2.37. The van der Waals surface area contributed by atoms with E-state index in [0.717, 1.165) is 62.5 Å². The van der Waals surface area contributed by atoms with Gasteiger partial charge in [0.15, 0.2) is 0 Å². The fourth-order valence-corrected chi connectivity index (χ4v) is 4.90. The molecule has 6 heteroatoms. The lowest BCUT2D eigenvalue weighted by Gasteiger charge is -2.39. The highest BCUT2D eigenvalue weighted by molar-refractivity contribution is 5.73. The van der Waals surface area contributed by atoms with Crippen molar-refractivity contribution in [2.75, 3.05) is 37.7 Å². The SMILES string of the molecule is CC1CC(CCNC(=O)NCc2ccc(N3CCOCC3)nc2)CC(C)(C)C1. The molecule has 0 spiro atoms. The number of hydrogen-bond donors (Lipinski definition) is 2. The molecule has 2 heterocycles. The van der Waals surface area contributed by atoms with Crippen molar-refractivity contribution in [1.29, 1.82) is 0 Å². The highest BCUT2D eigenvalue weighted by Crippen LogP contribution is 2.42. The monoisotopic (exact) mass is 388 g/mol. The highest BCUT2D eigenvalue weighted by Gasteiger charge is 2.31. The normalized spacial score (nSPS) is 24.6. The van der Waals surface area contributed by atoms with Crippen LogP contribution in [0.1, 0.15) is 52.0 Å². The number of morpholine rings is 1. The van der Waals surface area contributed by atoms with Crippen LogP contribution in [0, 0.1) is 17.3 Å². The van der Waals surface area contributed by atoms with Gasteiger partial charge >= 0.3 is 6.03 Å². The van der Waals surface area contributed by atoms with Crippen LogP contribution in [0.25, 0.3) is 0 Å². The summed E-state index contributed by atoms with van der Waals surface area (Å²) in [6.07, 6.45) is 6.78. The number of ether oxygens (including phenoxy) is 1. The Bertz CT molecular complexity index is 626. The van der Waals surface area contributed by atoms with Gasteiger partial charge in [0.2, 0.25) is 0 Å². The largest absolute Gasteiger partial charge is 0.378 e. The molecule has 1 aromatic heterocycles. The molecular weight excluding hydrogens is 352 g/mol. The summed E-state index contributed by atoms with van der Waals surface area (Å²) < 4.78 is 5.37. The molecule has 0 bridgehead atoms. The topological polar surface area (TPSA) is 66.5 Å². The summed E-state index contributed by atoms with van der Waals surface area (Å²) in [4.78, 5) is 18.8. The second-order valence-electron chi connectivity index (χ2n) is 9.30. The molecule has 156 valence electrons. The number of nitrogens with one attached hydrogen (secondary N) is 2. The van der Waals surface area contributed by atoms with E-state index in [9.17, 15) is 4.79 Å². The average Bonchev–Trinajstić information content (AvgIpc) is 2.66. The predicted octanol–water partition coefficient (Wildman–Crippen LogP) is 3.57. The first-order valence-electron chi connectivity index (χ1n) is 10.7. The molecule has 1 aliphatic heterocycles. The second-order valence-corrected chi connectivity index (χ2v) is 9.30. The number of urea groups is 1. The Labute approximate surface area is 169 Å². The minimum Gasteiger partial charge on any atom is -0.378 e. The zero-order valence-electron chi connectivity index (χ0n) is 17.7. The lowest BCUT2D eigenvalue weighted by molar-refractivity contribution is 0.122. The molecule has 28 heavy (non-hydrogen) atoms. The second kappa shape index (κ2) is 9.59. The Morgan fingerprint density at radius 3 is 2.71 bits per heavy atom. The molecule has 2 fully saturated rings. The molecule has 1 saturated heterocycles. The van der Waals surface area contributed by atoms with Crippen LogP contribution in [0.2, 0.25) is 0 Å². The van der Waals surface area contributed by atoms with Gasteiger partial charge in [-0.3, -0.25) is 0 Å². The van der Waals surface area contributed by atoms with Crippen LogP contribution in [0.4, 0.5) is 10.6 Å². The molecule has 1 aliphatic carbocycles. The molecule has 2 amide bonds. The average molecular weight is 389 g/mol. The van der Waals surface area contributed by atoms with E-state index in [-0.39, 0.29) is 6.03 Å². The highest BCUT2D eigenvalue weighted by atomic mass is 16.5. The molecule has 1 saturated carbocycles. The van der Waals surface area contributed by atoms with Gasteiger partial charge in [-0.1, -0.05) is 26.8 Å². The van der Waals surface area contributed by atoms with E-state index in [4.69, 9.17) is 4.74 Å². The fraction of sp³-hybridized carbons (Fsp3) is 0.727. The maximum atomic E-state index is 12.1. The summed E-state index contributed by atoms with van der Waals surface area (Å²) in [5.41, 5.74) is 1.44. The molecule has 0 radical (unpaired) electrons. The van der Waals surface area contributed by atoms with E-state index in [0.29, 0.717) is 12.0 Å². The summed E-state index contributed by atoms with van der Waals surface area (Å²) in [6, 6.07) is 3.95. The third-order valence-corrected chi connectivity index (χ3v) is 5.91. The standard InChI is InChI=1S/C22H36N4O2/c1-17-12-18(14-22(2,3)13-17)6-7-23-21(27)25-16-19-4-5-20(24-15-19)26-8-10-28-11-9-26/h4-5,15,17-18H,6-14,16H2,1-3H3,(H2,23,25,27). The van der Waals surface area contributed by atoms with Crippen LogP contribution in [0.5, 0.6) is 0 Å². The quantitative estimate of drug-likeness (QED) is 0.782. The van der Waals surface area contributed by atoms with Gasteiger partial charge in [-0.15, -0.1) is 0 Å². The first kappa shape index (κ1) is 20.9. The minimum absolute atomic E-state index is 0.0969. The number of anilines is 1. The zero-order valence-corrected chi connectivity index (χ0v) is 17.7. The lowest BCUT2D eigenvalue weighted by atomic mass is 9.67. The van der Waals surface area contributed by atoms with Crippen molar-refractivity contribution in [2.24, 2.45) is 17.3 Å². The van der Waals surface area contributed by atoms with Crippen molar-refractivity contribution in [3.8, 4) is 0 Å². The molecule has 2 unspecified atom stereocenters. The fourth-order valence-electron chi connectivity index (χ4n) is 4.90. The van der Waals surface area contributed by atoms with E-state index in [1.54, 1.807) is 0 Å². The van der Waals surface area contributed by atoms with Crippen LogP contribution < -0.4 is 15.5 Å². The Morgan fingerprint density at radius 2 is 2.04 bits per heavy atom. The van der Waals surface area contributed by atoms with Crippen molar-refractivity contribution < 1.29 is 9.53 Å². The minimum atomic E-state index is -0.0969. The Hall–Kier alpha value is -1.82. The maximum Gasteiger partial charge on any atom is 0.315 e. The van der Waals surface area contributed by atoms with Gasteiger partial charge in [-0.2, -0.15) is 0 Å². The number of carbonyl (C=O) groups is 1. The van der Waals surface area contributed by atoms with Crippen molar-refractivity contribution in [1.82, 2.24) is 15.6 Å². The van der Waals surface area contributed by atoms with Gasteiger partial charge in [-0.25, -0.2) is 9.78 Å². The number of carbonyl (C=O) groups excluding carboxylic acids is 1. The molecular formula is C22H36N4O2. The van der Waals surface area contributed by atoms with Gasteiger partial charge in [-0.05, 0) is 54.6 Å².